The van der Waals surface area contributed by atoms with Crippen LogP contribution in [-0.2, 0) is 14.8 Å². The summed E-state index contributed by atoms with van der Waals surface area (Å²) in [5.74, 6) is 0.445. The van der Waals surface area contributed by atoms with Crippen LogP contribution in [0.1, 0.15) is 19.3 Å². The van der Waals surface area contributed by atoms with E-state index < -0.39 is 15.9 Å². The van der Waals surface area contributed by atoms with Crippen molar-refractivity contribution in [3.05, 3.63) is 40.4 Å². The number of rotatable bonds is 8. The van der Waals surface area contributed by atoms with E-state index >= 15 is 0 Å². The third kappa shape index (κ3) is 5.58. The van der Waals surface area contributed by atoms with Gasteiger partial charge in [-0.1, -0.05) is 29.6 Å². The molecule has 8 nitrogen and oxygen atoms in total. The minimum absolute atomic E-state index is 0.0965. The van der Waals surface area contributed by atoms with Crippen molar-refractivity contribution in [2.75, 3.05) is 39.2 Å². The lowest BCUT2D eigenvalue weighted by atomic mass is 10.2. The largest absolute Gasteiger partial charge is 0.495 e. The smallest absolute Gasteiger partial charge is 0.262 e. The third-order valence-corrected chi connectivity index (χ3v) is 7.45. The Labute approximate surface area is 197 Å². The summed E-state index contributed by atoms with van der Waals surface area (Å²) >= 11 is 12.3. The lowest BCUT2D eigenvalue weighted by Gasteiger charge is -2.26. The summed E-state index contributed by atoms with van der Waals surface area (Å²) in [6.07, 6.45) is 2.71. The molecule has 0 spiro atoms. The molecule has 1 amide bonds. The molecule has 32 heavy (non-hydrogen) atoms. The van der Waals surface area contributed by atoms with Crippen molar-refractivity contribution >= 4 is 44.8 Å². The van der Waals surface area contributed by atoms with E-state index in [1.807, 2.05) is 0 Å². The molecule has 0 aromatic heterocycles. The fourth-order valence-corrected chi connectivity index (χ4v) is 5.38. The van der Waals surface area contributed by atoms with Crippen LogP contribution >= 0.6 is 23.2 Å². The van der Waals surface area contributed by atoms with Crippen LogP contribution in [0.4, 0.5) is 5.69 Å². The Bertz CT molecular complexity index is 1090. The lowest BCUT2D eigenvalue weighted by Crippen LogP contribution is -2.35. The van der Waals surface area contributed by atoms with Gasteiger partial charge in [0.2, 0.25) is 10.0 Å². The normalized spacial score (nSPS) is 14.6. The summed E-state index contributed by atoms with van der Waals surface area (Å²) in [5, 5.41) is 3.10. The van der Waals surface area contributed by atoms with E-state index in [1.54, 1.807) is 0 Å². The van der Waals surface area contributed by atoms with Crippen LogP contribution in [0.5, 0.6) is 17.2 Å². The maximum absolute atomic E-state index is 12.8. The first-order valence-corrected chi connectivity index (χ1v) is 12.1. The van der Waals surface area contributed by atoms with Crippen molar-refractivity contribution < 1.29 is 27.4 Å². The van der Waals surface area contributed by atoms with Crippen LogP contribution in [0.15, 0.2) is 35.2 Å². The topological polar surface area (TPSA) is 94.2 Å². The minimum atomic E-state index is -3.61. The summed E-state index contributed by atoms with van der Waals surface area (Å²) in [4.78, 5) is 12.5. The molecule has 11 heteroatoms. The highest BCUT2D eigenvalue weighted by Gasteiger charge is 2.26. The molecular weight excluding hydrogens is 479 g/mol. The Balaban J connectivity index is 1.67. The van der Waals surface area contributed by atoms with Crippen molar-refractivity contribution in [1.82, 2.24) is 4.31 Å². The Kier molecular flexibility index (Phi) is 8.10. The standard InChI is InChI=1S/C21H24Cl2N2O6S/c1-29-19-12-17(20(30-2)11-16(19)23)24-21(26)13-31-18-7-6-14(10-15(18)22)32(27,28)25-8-4-3-5-9-25/h6-7,10-12H,3-5,8-9,13H2,1-2H3,(H,24,26). The van der Waals surface area contributed by atoms with Crippen LogP contribution in [0, 0.1) is 0 Å². The van der Waals surface area contributed by atoms with Gasteiger partial charge in [0.1, 0.15) is 17.2 Å². The third-order valence-electron chi connectivity index (χ3n) is 4.96. The fourth-order valence-electron chi connectivity index (χ4n) is 3.30. The summed E-state index contributed by atoms with van der Waals surface area (Å²) in [6, 6.07) is 7.27. The lowest BCUT2D eigenvalue weighted by molar-refractivity contribution is -0.118. The molecule has 0 bridgehead atoms. The molecule has 1 N–H and O–H groups in total. The maximum Gasteiger partial charge on any atom is 0.262 e. The zero-order chi connectivity index (χ0) is 23.3. The van der Waals surface area contributed by atoms with E-state index in [4.69, 9.17) is 37.4 Å². The Morgan fingerprint density at radius 2 is 1.62 bits per heavy atom. The number of nitrogens with zero attached hydrogens (tertiary/aromatic N) is 1. The minimum Gasteiger partial charge on any atom is -0.495 e. The van der Waals surface area contributed by atoms with Gasteiger partial charge in [0.05, 0.1) is 34.8 Å². The zero-order valence-electron chi connectivity index (χ0n) is 17.7. The predicted octanol–water partition coefficient (Wildman–Crippen LogP) is 4.20. The van der Waals surface area contributed by atoms with Gasteiger partial charge >= 0.3 is 0 Å². The summed E-state index contributed by atoms with van der Waals surface area (Å²) in [7, 11) is -0.708. The van der Waals surface area contributed by atoms with Gasteiger partial charge < -0.3 is 19.5 Å². The van der Waals surface area contributed by atoms with Crippen LogP contribution in [0.2, 0.25) is 10.0 Å². The van der Waals surface area contributed by atoms with Gasteiger partial charge in [0, 0.05) is 25.2 Å². The molecule has 0 unspecified atom stereocenters. The molecule has 1 aliphatic rings. The van der Waals surface area contributed by atoms with E-state index in [0.29, 0.717) is 35.3 Å². The first-order valence-electron chi connectivity index (χ1n) is 9.90. The van der Waals surface area contributed by atoms with Crippen LogP contribution < -0.4 is 19.5 Å². The highest BCUT2D eigenvalue weighted by atomic mass is 35.5. The number of hydrogen-bond acceptors (Lipinski definition) is 6. The van der Waals surface area contributed by atoms with E-state index in [1.165, 1.54) is 48.9 Å². The predicted molar refractivity (Wildman–Crippen MR) is 123 cm³/mol. The van der Waals surface area contributed by atoms with Gasteiger partial charge in [-0.15, -0.1) is 0 Å². The Morgan fingerprint density at radius 3 is 2.25 bits per heavy atom. The quantitative estimate of drug-likeness (QED) is 0.581. The molecular formula is C21H24Cl2N2O6S. The monoisotopic (exact) mass is 502 g/mol. The number of halogens is 2. The molecule has 1 heterocycles. The summed E-state index contributed by atoms with van der Waals surface area (Å²) < 4.78 is 42.9. The molecule has 2 aromatic carbocycles. The van der Waals surface area contributed by atoms with Crippen molar-refractivity contribution in [3.63, 3.8) is 0 Å². The van der Waals surface area contributed by atoms with Crippen molar-refractivity contribution in [3.8, 4) is 17.2 Å². The fraction of sp³-hybridized carbons (Fsp3) is 0.381. The van der Waals surface area contributed by atoms with Gasteiger partial charge in [0.25, 0.3) is 5.91 Å². The average molecular weight is 503 g/mol. The molecule has 1 aliphatic heterocycles. The molecule has 0 saturated carbocycles. The average Bonchev–Trinajstić information content (AvgIpc) is 2.79. The zero-order valence-corrected chi connectivity index (χ0v) is 20.0. The SMILES string of the molecule is COc1cc(NC(=O)COc2ccc(S(=O)(=O)N3CCCCC3)cc2Cl)c(OC)cc1Cl. The number of amides is 1. The number of anilines is 1. The van der Waals surface area contributed by atoms with Crippen molar-refractivity contribution in [1.29, 1.82) is 0 Å². The first-order chi connectivity index (χ1) is 15.3. The molecule has 3 rings (SSSR count). The number of carbonyl (C=O) groups excluding carboxylic acids is 1. The molecule has 2 aromatic rings. The van der Waals surface area contributed by atoms with Crippen molar-refractivity contribution in [2.24, 2.45) is 0 Å². The van der Waals surface area contributed by atoms with Gasteiger partial charge in [-0.2, -0.15) is 4.31 Å². The first kappa shape index (κ1) is 24.4. The van der Waals surface area contributed by atoms with E-state index in [0.717, 1.165) is 19.3 Å². The second-order valence-corrected chi connectivity index (χ2v) is 9.83. The second-order valence-electron chi connectivity index (χ2n) is 7.08. The Morgan fingerprint density at radius 1 is 0.969 bits per heavy atom. The number of ether oxygens (including phenoxy) is 3. The van der Waals surface area contributed by atoms with E-state index in [2.05, 4.69) is 5.32 Å². The number of sulfonamides is 1. The van der Waals surface area contributed by atoms with Crippen molar-refractivity contribution in [2.45, 2.75) is 24.2 Å². The number of methoxy groups -OCH3 is 2. The number of hydrogen-bond donors (Lipinski definition) is 1. The molecule has 0 aliphatic carbocycles. The van der Waals surface area contributed by atoms with Gasteiger partial charge in [-0.05, 0) is 31.0 Å². The summed E-state index contributed by atoms with van der Waals surface area (Å²) in [6.45, 7) is 0.640. The van der Waals surface area contributed by atoms with Crippen LogP contribution in [0.25, 0.3) is 0 Å². The van der Waals surface area contributed by atoms with Gasteiger partial charge in [0.15, 0.2) is 6.61 Å². The second kappa shape index (κ2) is 10.6. The highest BCUT2D eigenvalue weighted by Crippen LogP contribution is 2.36. The summed E-state index contributed by atoms with van der Waals surface area (Å²) in [5.41, 5.74) is 0.358. The number of piperidine rings is 1. The molecule has 174 valence electrons. The molecule has 1 saturated heterocycles. The highest BCUT2D eigenvalue weighted by molar-refractivity contribution is 7.89. The Hall–Kier alpha value is -2.20. The maximum atomic E-state index is 12.8. The van der Waals surface area contributed by atoms with Gasteiger partial charge in [-0.3, -0.25) is 4.79 Å². The number of benzene rings is 2. The van der Waals surface area contributed by atoms with Crippen LogP contribution in [-0.4, -0.2) is 52.5 Å². The molecule has 1 fully saturated rings. The molecule has 0 radical (unpaired) electrons. The van der Waals surface area contributed by atoms with Gasteiger partial charge in [-0.25, -0.2) is 8.42 Å². The van der Waals surface area contributed by atoms with Crippen LogP contribution in [0.3, 0.4) is 0 Å². The molecule has 0 atom stereocenters. The van der Waals surface area contributed by atoms with E-state index in [9.17, 15) is 13.2 Å². The number of nitrogens with one attached hydrogen (secondary N) is 1. The number of carbonyl (C=O) groups is 1. The van der Waals surface area contributed by atoms with E-state index in [-0.39, 0.29) is 22.3 Å².